The van der Waals surface area contributed by atoms with Gasteiger partial charge in [0.25, 0.3) is 0 Å². The summed E-state index contributed by atoms with van der Waals surface area (Å²) >= 11 is 0. The molecule has 0 fully saturated rings. The van der Waals surface area contributed by atoms with Crippen LogP contribution in [0.5, 0.6) is 5.75 Å². The summed E-state index contributed by atoms with van der Waals surface area (Å²) < 4.78 is 5.08. The minimum atomic E-state index is -1.000. The minimum Gasteiger partial charge on any atom is -0.478 e. The second-order valence-corrected chi connectivity index (χ2v) is 3.82. The molecule has 0 radical (unpaired) electrons. The highest BCUT2D eigenvalue weighted by Gasteiger charge is 2.08. The van der Waals surface area contributed by atoms with Crippen molar-refractivity contribution in [2.45, 2.75) is 13.8 Å². The van der Waals surface area contributed by atoms with Gasteiger partial charge in [0, 0.05) is 6.08 Å². The first kappa shape index (κ1) is 13.0. The molecule has 0 bridgehead atoms. The summed E-state index contributed by atoms with van der Waals surface area (Å²) in [4.78, 5) is 21.6. The van der Waals surface area contributed by atoms with E-state index in [4.69, 9.17) is 9.84 Å². The zero-order valence-electron chi connectivity index (χ0n) is 9.71. The lowest BCUT2D eigenvalue weighted by atomic mass is 10.2. The minimum absolute atomic E-state index is 0.179. The lowest BCUT2D eigenvalue weighted by Crippen LogP contribution is -2.14. The molecule has 0 aliphatic rings. The highest BCUT2D eigenvalue weighted by atomic mass is 16.5. The molecule has 90 valence electrons. The topological polar surface area (TPSA) is 63.6 Å². The van der Waals surface area contributed by atoms with Gasteiger partial charge in [-0.25, -0.2) is 4.79 Å². The Hall–Kier alpha value is -2.10. The highest BCUT2D eigenvalue weighted by Crippen LogP contribution is 2.14. The fourth-order valence-electron chi connectivity index (χ4n) is 1.05. The Morgan fingerprint density at radius 3 is 2.29 bits per heavy atom. The molecule has 0 saturated carbocycles. The summed E-state index contributed by atoms with van der Waals surface area (Å²) in [6.07, 6.45) is 2.52. The summed E-state index contributed by atoms with van der Waals surface area (Å²) in [6, 6.07) is 6.62. The molecule has 4 nitrogen and oxygen atoms in total. The van der Waals surface area contributed by atoms with Crippen LogP contribution in [0.1, 0.15) is 19.4 Å². The molecular formula is C13H14O4. The Bertz CT molecular complexity index is 429. The van der Waals surface area contributed by atoms with Crippen molar-refractivity contribution in [2.75, 3.05) is 0 Å². The number of carbonyl (C=O) groups excluding carboxylic acids is 1. The Kier molecular flexibility index (Phi) is 4.46. The van der Waals surface area contributed by atoms with Gasteiger partial charge in [-0.3, -0.25) is 4.79 Å². The van der Waals surface area contributed by atoms with Gasteiger partial charge < -0.3 is 9.84 Å². The number of ether oxygens (including phenoxy) is 1. The molecule has 4 heteroatoms. The van der Waals surface area contributed by atoms with Gasteiger partial charge in [0.1, 0.15) is 5.75 Å². The van der Waals surface area contributed by atoms with Crippen LogP contribution in [0, 0.1) is 5.92 Å². The average molecular weight is 234 g/mol. The van der Waals surface area contributed by atoms with E-state index < -0.39 is 5.97 Å². The first-order chi connectivity index (χ1) is 7.99. The molecule has 0 amide bonds. The normalized spacial score (nSPS) is 10.8. The zero-order chi connectivity index (χ0) is 12.8. The van der Waals surface area contributed by atoms with Crippen LogP contribution in [0.4, 0.5) is 0 Å². The van der Waals surface area contributed by atoms with E-state index in [-0.39, 0.29) is 11.9 Å². The van der Waals surface area contributed by atoms with Gasteiger partial charge in [0.05, 0.1) is 5.92 Å². The summed E-state index contributed by atoms with van der Waals surface area (Å²) in [5.74, 6) is -1.02. The van der Waals surface area contributed by atoms with Crippen molar-refractivity contribution in [3.63, 3.8) is 0 Å². The van der Waals surface area contributed by atoms with Crippen LogP contribution >= 0.6 is 0 Å². The van der Waals surface area contributed by atoms with Gasteiger partial charge in [-0.1, -0.05) is 26.0 Å². The quantitative estimate of drug-likeness (QED) is 0.493. The standard InChI is InChI=1S/C13H14O4/c1-9(2)13(16)17-11-6-3-10(4-7-11)5-8-12(14)15/h3-9H,1-2H3,(H,14,15)/b8-5+. The molecule has 0 saturated heterocycles. The predicted octanol–water partition coefficient (Wildman–Crippen LogP) is 2.35. The van der Waals surface area contributed by atoms with E-state index in [1.54, 1.807) is 38.1 Å². The molecule has 1 rings (SSSR count). The molecule has 17 heavy (non-hydrogen) atoms. The molecule has 0 heterocycles. The molecule has 1 aromatic carbocycles. The van der Waals surface area contributed by atoms with Crippen molar-refractivity contribution in [3.8, 4) is 5.75 Å². The van der Waals surface area contributed by atoms with Gasteiger partial charge >= 0.3 is 11.9 Å². The predicted molar refractivity (Wildman–Crippen MR) is 63.6 cm³/mol. The van der Waals surface area contributed by atoms with E-state index in [0.717, 1.165) is 11.6 Å². The smallest absolute Gasteiger partial charge is 0.328 e. The number of hydrogen-bond donors (Lipinski definition) is 1. The summed E-state index contributed by atoms with van der Waals surface area (Å²) in [5.41, 5.74) is 0.733. The first-order valence-electron chi connectivity index (χ1n) is 5.22. The second-order valence-electron chi connectivity index (χ2n) is 3.82. The number of esters is 1. The number of carboxylic acids is 1. The fraction of sp³-hybridized carbons (Fsp3) is 0.231. The van der Waals surface area contributed by atoms with Crippen molar-refractivity contribution in [3.05, 3.63) is 35.9 Å². The largest absolute Gasteiger partial charge is 0.478 e. The van der Waals surface area contributed by atoms with Gasteiger partial charge in [0.15, 0.2) is 0 Å². The maximum atomic E-state index is 11.3. The number of benzene rings is 1. The van der Waals surface area contributed by atoms with Crippen LogP contribution in [0.15, 0.2) is 30.3 Å². The van der Waals surface area contributed by atoms with Crippen molar-refractivity contribution < 1.29 is 19.4 Å². The maximum absolute atomic E-state index is 11.3. The summed E-state index contributed by atoms with van der Waals surface area (Å²) in [6.45, 7) is 3.51. The van der Waals surface area contributed by atoms with E-state index in [9.17, 15) is 9.59 Å². The molecule has 0 spiro atoms. The van der Waals surface area contributed by atoms with Crippen LogP contribution in [0.3, 0.4) is 0 Å². The number of carboxylic acid groups (broad SMARTS) is 1. The van der Waals surface area contributed by atoms with Gasteiger partial charge in [-0.15, -0.1) is 0 Å². The number of aliphatic carboxylic acids is 1. The lowest BCUT2D eigenvalue weighted by molar-refractivity contribution is -0.137. The molecule has 0 aromatic heterocycles. The first-order valence-corrected chi connectivity index (χ1v) is 5.22. The number of hydrogen-bond acceptors (Lipinski definition) is 3. The SMILES string of the molecule is CC(C)C(=O)Oc1ccc(/C=C/C(=O)O)cc1. The zero-order valence-corrected chi connectivity index (χ0v) is 9.71. The fourth-order valence-corrected chi connectivity index (χ4v) is 1.05. The molecule has 0 aliphatic carbocycles. The Balaban J connectivity index is 2.68. The van der Waals surface area contributed by atoms with Crippen LogP contribution in [0.2, 0.25) is 0 Å². The molecular weight excluding hydrogens is 220 g/mol. The molecule has 0 atom stereocenters. The molecule has 1 aromatic rings. The second kappa shape index (κ2) is 5.84. The molecule has 0 unspecified atom stereocenters. The van der Waals surface area contributed by atoms with E-state index in [2.05, 4.69) is 0 Å². The summed E-state index contributed by atoms with van der Waals surface area (Å²) in [7, 11) is 0. The van der Waals surface area contributed by atoms with Crippen molar-refractivity contribution in [1.29, 1.82) is 0 Å². The van der Waals surface area contributed by atoms with E-state index in [1.807, 2.05) is 0 Å². The third-order valence-corrected chi connectivity index (χ3v) is 1.99. The van der Waals surface area contributed by atoms with Crippen LogP contribution in [0.25, 0.3) is 6.08 Å². The molecule has 0 aliphatic heterocycles. The van der Waals surface area contributed by atoms with Crippen LogP contribution in [-0.2, 0) is 9.59 Å². The van der Waals surface area contributed by atoms with Crippen molar-refractivity contribution >= 4 is 18.0 Å². The highest BCUT2D eigenvalue weighted by molar-refractivity contribution is 5.85. The Morgan fingerprint density at radius 1 is 1.24 bits per heavy atom. The average Bonchev–Trinajstić information content (AvgIpc) is 2.28. The van der Waals surface area contributed by atoms with Crippen molar-refractivity contribution in [2.24, 2.45) is 5.92 Å². The lowest BCUT2D eigenvalue weighted by Gasteiger charge is -2.06. The third kappa shape index (κ3) is 4.51. The number of rotatable bonds is 4. The van der Waals surface area contributed by atoms with Crippen LogP contribution in [-0.4, -0.2) is 17.0 Å². The summed E-state index contributed by atoms with van der Waals surface area (Å²) in [5, 5.41) is 8.45. The Morgan fingerprint density at radius 2 is 1.82 bits per heavy atom. The monoisotopic (exact) mass is 234 g/mol. The van der Waals surface area contributed by atoms with Crippen LogP contribution < -0.4 is 4.74 Å². The maximum Gasteiger partial charge on any atom is 0.328 e. The van der Waals surface area contributed by atoms with Crippen molar-refractivity contribution in [1.82, 2.24) is 0 Å². The van der Waals surface area contributed by atoms with Gasteiger partial charge in [0.2, 0.25) is 0 Å². The molecule has 1 N–H and O–H groups in total. The third-order valence-electron chi connectivity index (χ3n) is 1.99. The number of carbonyl (C=O) groups is 2. The Labute approximate surface area is 99.5 Å². The van der Waals surface area contributed by atoms with E-state index in [1.165, 1.54) is 6.08 Å². The van der Waals surface area contributed by atoms with Gasteiger partial charge in [-0.2, -0.15) is 0 Å². The van der Waals surface area contributed by atoms with E-state index >= 15 is 0 Å². The van der Waals surface area contributed by atoms with E-state index in [0.29, 0.717) is 5.75 Å². The van der Waals surface area contributed by atoms with Gasteiger partial charge in [-0.05, 0) is 23.8 Å².